The topological polar surface area (TPSA) is 3.24 Å². The van der Waals surface area contributed by atoms with Gasteiger partial charge in [-0.3, -0.25) is 0 Å². The molecule has 0 bridgehead atoms. The maximum Gasteiger partial charge on any atom is 0.0396 e. The Bertz CT molecular complexity index is 307. The Morgan fingerprint density at radius 3 is 2.36 bits per heavy atom. The van der Waals surface area contributed by atoms with Crippen LogP contribution in [0.25, 0.3) is 5.70 Å². The first-order chi connectivity index (χ1) is 6.92. The van der Waals surface area contributed by atoms with Gasteiger partial charge in [-0.1, -0.05) is 36.4 Å². The molecule has 0 saturated carbocycles. The van der Waals surface area contributed by atoms with Crippen LogP contribution in [-0.2, 0) is 0 Å². The normalized spacial score (nSPS) is 17.5. The molecule has 14 heavy (non-hydrogen) atoms. The molecule has 0 spiro atoms. The smallest absolute Gasteiger partial charge is 0.0396 e. The summed E-state index contributed by atoms with van der Waals surface area (Å²) in [6.07, 6.45) is 4.90. The maximum absolute atomic E-state index is 2.48. The third kappa shape index (κ3) is 1.82. The molecule has 0 N–H and O–H groups in total. The van der Waals surface area contributed by atoms with Gasteiger partial charge in [-0.25, -0.2) is 0 Å². The van der Waals surface area contributed by atoms with E-state index in [0.717, 1.165) is 0 Å². The zero-order valence-electron chi connectivity index (χ0n) is 8.74. The number of benzene rings is 1. The molecule has 1 heteroatoms. The van der Waals surface area contributed by atoms with E-state index in [4.69, 9.17) is 0 Å². The molecule has 1 aromatic carbocycles. The SMILES string of the molecule is CC=C(c1ccccc1)N1CCCC1. The molecule has 0 unspecified atom stereocenters. The van der Waals surface area contributed by atoms with Crippen molar-refractivity contribution in [2.75, 3.05) is 13.1 Å². The van der Waals surface area contributed by atoms with E-state index in [9.17, 15) is 0 Å². The van der Waals surface area contributed by atoms with Crippen LogP contribution in [0.3, 0.4) is 0 Å². The van der Waals surface area contributed by atoms with Crippen LogP contribution in [-0.4, -0.2) is 18.0 Å². The predicted octanol–water partition coefficient (Wildman–Crippen LogP) is 3.14. The summed E-state index contributed by atoms with van der Waals surface area (Å²) in [5.74, 6) is 0. The van der Waals surface area contributed by atoms with Gasteiger partial charge in [0.25, 0.3) is 0 Å². The van der Waals surface area contributed by atoms with E-state index in [-0.39, 0.29) is 0 Å². The molecule has 0 radical (unpaired) electrons. The number of nitrogens with zero attached hydrogens (tertiary/aromatic N) is 1. The predicted molar refractivity (Wildman–Crippen MR) is 60.9 cm³/mol. The van der Waals surface area contributed by atoms with E-state index >= 15 is 0 Å². The molecule has 1 aliphatic rings. The quantitative estimate of drug-likeness (QED) is 0.687. The molecule has 2 rings (SSSR count). The fourth-order valence-corrected chi connectivity index (χ4v) is 2.10. The highest BCUT2D eigenvalue weighted by Crippen LogP contribution is 2.23. The number of rotatable bonds is 2. The number of allylic oxidation sites excluding steroid dienone is 1. The molecule has 1 aliphatic heterocycles. The fourth-order valence-electron chi connectivity index (χ4n) is 2.10. The second-order valence-electron chi connectivity index (χ2n) is 3.73. The van der Waals surface area contributed by atoms with E-state index in [0.29, 0.717) is 0 Å². The Kier molecular flexibility index (Phi) is 2.87. The summed E-state index contributed by atoms with van der Waals surface area (Å²) in [5, 5.41) is 0. The van der Waals surface area contributed by atoms with Crippen molar-refractivity contribution in [2.24, 2.45) is 0 Å². The summed E-state index contributed by atoms with van der Waals surface area (Å²) in [7, 11) is 0. The van der Waals surface area contributed by atoms with Gasteiger partial charge in [0.1, 0.15) is 0 Å². The van der Waals surface area contributed by atoms with Gasteiger partial charge < -0.3 is 4.90 Å². The molecule has 1 fully saturated rings. The molecule has 0 aliphatic carbocycles. The van der Waals surface area contributed by atoms with Crippen molar-refractivity contribution in [1.82, 2.24) is 4.90 Å². The van der Waals surface area contributed by atoms with Gasteiger partial charge in [0.15, 0.2) is 0 Å². The van der Waals surface area contributed by atoms with Crippen LogP contribution in [0.4, 0.5) is 0 Å². The molecule has 0 aromatic heterocycles. The van der Waals surface area contributed by atoms with Crippen molar-refractivity contribution in [3.8, 4) is 0 Å². The summed E-state index contributed by atoms with van der Waals surface area (Å²) in [6.45, 7) is 4.56. The molecule has 74 valence electrons. The average molecular weight is 187 g/mol. The van der Waals surface area contributed by atoms with E-state index < -0.39 is 0 Å². The number of hydrogen-bond acceptors (Lipinski definition) is 1. The first-order valence-electron chi connectivity index (χ1n) is 5.38. The Balaban J connectivity index is 2.22. The lowest BCUT2D eigenvalue weighted by molar-refractivity contribution is 0.492. The van der Waals surface area contributed by atoms with Gasteiger partial charge in [0.05, 0.1) is 0 Å². The molecule has 1 aromatic rings. The van der Waals surface area contributed by atoms with Crippen molar-refractivity contribution in [1.29, 1.82) is 0 Å². The molecular weight excluding hydrogens is 170 g/mol. The van der Waals surface area contributed by atoms with Gasteiger partial charge in [0.2, 0.25) is 0 Å². The first kappa shape index (κ1) is 9.32. The van der Waals surface area contributed by atoms with Crippen molar-refractivity contribution in [2.45, 2.75) is 19.8 Å². The van der Waals surface area contributed by atoms with Gasteiger partial charge in [-0.15, -0.1) is 0 Å². The maximum atomic E-state index is 2.48. The Labute approximate surface area is 86.1 Å². The van der Waals surface area contributed by atoms with E-state index in [1.54, 1.807) is 0 Å². The van der Waals surface area contributed by atoms with E-state index in [1.807, 2.05) is 0 Å². The lowest BCUT2D eigenvalue weighted by Crippen LogP contribution is -2.17. The second kappa shape index (κ2) is 4.32. The van der Waals surface area contributed by atoms with Crippen LogP contribution >= 0.6 is 0 Å². The third-order valence-corrected chi connectivity index (χ3v) is 2.79. The van der Waals surface area contributed by atoms with Gasteiger partial charge in [0, 0.05) is 18.8 Å². The fraction of sp³-hybridized carbons (Fsp3) is 0.385. The highest BCUT2D eigenvalue weighted by molar-refractivity contribution is 5.63. The molecule has 1 heterocycles. The first-order valence-corrected chi connectivity index (χ1v) is 5.38. The largest absolute Gasteiger partial charge is 0.371 e. The van der Waals surface area contributed by atoms with Crippen molar-refractivity contribution < 1.29 is 0 Å². The van der Waals surface area contributed by atoms with Crippen molar-refractivity contribution in [3.05, 3.63) is 42.0 Å². The van der Waals surface area contributed by atoms with Crippen LogP contribution in [0.1, 0.15) is 25.3 Å². The third-order valence-electron chi connectivity index (χ3n) is 2.79. The summed E-state index contributed by atoms with van der Waals surface area (Å²) in [5.41, 5.74) is 2.74. The number of likely N-dealkylation sites (tertiary alicyclic amines) is 1. The van der Waals surface area contributed by atoms with Crippen LogP contribution < -0.4 is 0 Å². The highest BCUT2D eigenvalue weighted by atomic mass is 15.1. The minimum atomic E-state index is 1.22. The second-order valence-corrected chi connectivity index (χ2v) is 3.73. The van der Waals surface area contributed by atoms with Crippen LogP contribution in [0.15, 0.2) is 36.4 Å². The van der Waals surface area contributed by atoms with E-state index in [1.165, 1.54) is 37.2 Å². The molecule has 1 nitrogen and oxygen atoms in total. The Morgan fingerprint density at radius 2 is 1.79 bits per heavy atom. The van der Waals surface area contributed by atoms with E-state index in [2.05, 4.69) is 48.2 Å². The summed E-state index contributed by atoms with van der Waals surface area (Å²) >= 11 is 0. The lowest BCUT2D eigenvalue weighted by Gasteiger charge is -2.21. The van der Waals surface area contributed by atoms with Crippen molar-refractivity contribution in [3.63, 3.8) is 0 Å². The molecule has 0 atom stereocenters. The summed E-state index contributed by atoms with van der Waals surface area (Å²) in [6, 6.07) is 10.7. The summed E-state index contributed by atoms with van der Waals surface area (Å²) in [4.78, 5) is 2.48. The molecule has 0 amide bonds. The Hall–Kier alpha value is -1.24. The minimum absolute atomic E-state index is 1.22. The van der Waals surface area contributed by atoms with Crippen LogP contribution in [0.2, 0.25) is 0 Å². The van der Waals surface area contributed by atoms with Crippen LogP contribution in [0.5, 0.6) is 0 Å². The van der Waals surface area contributed by atoms with Gasteiger partial charge in [-0.2, -0.15) is 0 Å². The van der Waals surface area contributed by atoms with Gasteiger partial charge in [-0.05, 0) is 25.3 Å². The monoisotopic (exact) mass is 187 g/mol. The average Bonchev–Trinajstić information content (AvgIpc) is 2.74. The summed E-state index contributed by atoms with van der Waals surface area (Å²) < 4.78 is 0. The zero-order valence-corrected chi connectivity index (χ0v) is 8.74. The van der Waals surface area contributed by atoms with Crippen LogP contribution in [0, 0.1) is 0 Å². The number of hydrogen-bond donors (Lipinski definition) is 0. The highest BCUT2D eigenvalue weighted by Gasteiger charge is 2.14. The van der Waals surface area contributed by atoms with Gasteiger partial charge >= 0.3 is 0 Å². The minimum Gasteiger partial charge on any atom is -0.371 e. The van der Waals surface area contributed by atoms with Crippen molar-refractivity contribution >= 4 is 5.70 Å². The zero-order chi connectivity index (χ0) is 9.80. The standard InChI is InChI=1S/C13H17N/c1-2-13(14-10-6-7-11-14)12-8-4-3-5-9-12/h2-5,8-9H,6-7,10-11H2,1H3. The molecular formula is C13H17N. The molecule has 1 saturated heterocycles. The lowest BCUT2D eigenvalue weighted by atomic mass is 10.1. The Morgan fingerprint density at radius 1 is 1.14 bits per heavy atom.